The minimum Gasteiger partial charge on any atom is -0.382 e. The summed E-state index contributed by atoms with van der Waals surface area (Å²) in [6, 6.07) is 7.64. The first-order chi connectivity index (χ1) is 7.51. The molecule has 0 saturated heterocycles. The van der Waals surface area contributed by atoms with E-state index in [1.165, 1.54) is 0 Å². The van der Waals surface area contributed by atoms with Crippen molar-refractivity contribution in [3.05, 3.63) is 28.2 Å². The molecule has 16 heavy (non-hydrogen) atoms. The van der Waals surface area contributed by atoms with Crippen molar-refractivity contribution in [3.8, 4) is 6.07 Å². The molecule has 3 nitrogen and oxygen atoms in total. The summed E-state index contributed by atoms with van der Waals surface area (Å²) in [6.07, 6.45) is 1.68. The molecule has 0 spiro atoms. The van der Waals surface area contributed by atoms with Crippen molar-refractivity contribution in [2.45, 2.75) is 13.0 Å². The Balaban J connectivity index is 2.77. The fourth-order valence-corrected chi connectivity index (χ4v) is 2.70. The van der Waals surface area contributed by atoms with Crippen molar-refractivity contribution in [1.82, 2.24) is 0 Å². The van der Waals surface area contributed by atoms with Gasteiger partial charge in [-0.1, -0.05) is 15.9 Å². The largest absolute Gasteiger partial charge is 0.382 e. The van der Waals surface area contributed by atoms with Crippen LogP contribution < -0.4 is 5.32 Å². The molecular weight excluding hydrogens is 288 g/mol. The maximum Gasteiger partial charge on any atom is 0.0992 e. The molecule has 0 aliphatic rings. The number of nitrogens with zero attached hydrogens (tertiary/aromatic N) is 1. The van der Waals surface area contributed by atoms with Crippen molar-refractivity contribution in [1.29, 1.82) is 5.26 Å². The highest BCUT2D eigenvalue weighted by Crippen LogP contribution is 2.19. The third-order valence-electron chi connectivity index (χ3n) is 1.92. The quantitative estimate of drug-likeness (QED) is 0.929. The van der Waals surface area contributed by atoms with Crippen molar-refractivity contribution >= 4 is 32.4 Å². The monoisotopic (exact) mass is 300 g/mol. The summed E-state index contributed by atoms with van der Waals surface area (Å²) >= 11 is 3.34. The summed E-state index contributed by atoms with van der Waals surface area (Å²) in [5, 5.41) is 12.0. The lowest BCUT2D eigenvalue weighted by atomic mass is 10.2. The topological polar surface area (TPSA) is 52.9 Å². The molecule has 0 aliphatic heterocycles. The zero-order valence-corrected chi connectivity index (χ0v) is 11.6. The average Bonchev–Trinajstić information content (AvgIpc) is 2.14. The SMILES string of the molecule is CC(CS(C)=O)Nc1cc(Br)cc(C#N)c1. The lowest BCUT2D eigenvalue weighted by Crippen LogP contribution is -2.22. The fraction of sp³-hybridized carbons (Fsp3) is 0.364. The molecule has 1 aromatic rings. The Morgan fingerprint density at radius 2 is 2.25 bits per heavy atom. The molecule has 0 heterocycles. The Labute approximate surface area is 106 Å². The van der Waals surface area contributed by atoms with E-state index in [9.17, 15) is 4.21 Å². The van der Waals surface area contributed by atoms with E-state index in [-0.39, 0.29) is 6.04 Å². The summed E-state index contributed by atoms with van der Waals surface area (Å²) in [6.45, 7) is 1.97. The van der Waals surface area contributed by atoms with Crippen molar-refractivity contribution in [3.63, 3.8) is 0 Å². The van der Waals surface area contributed by atoms with E-state index < -0.39 is 10.8 Å². The molecule has 1 aromatic carbocycles. The number of benzene rings is 1. The van der Waals surface area contributed by atoms with Gasteiger partial charge in [0.05, 0.1) is 11.6 Å². The van der Waals surface area contributed by atoms with Crippen LogP contribution in [0.25, 0.3) is 0 Å². The van der Waals surface area contributed by atoms with Gasteiger partial charge in [0.25, 0.3) is 0 Å². The van der Waals surface area contributed by atoms with E-state index in [0.29, 0.717) is 11.3 Å². The molecule has 0 aliphatic carbocycles. The minimum absolute atomic E-state index is 0.117. The van der Waals surface area contributed by atoms with Crippen LogP contribution in [0, 0.1) is 11.3 Å². The van der Waals surface area contributed by atoms with Gasteiger partial charge in [-0.3, -0.25) is 4.21 Å². The van der Waals surface area contributed by atoms with Crippen LogP contribution in [0.1, 0.15) is 12.5 Å². The molecular formula is C11H13BrN2OS. The molecule has 1 N–H and O–H groups in total. The first-order valence-electron chi connectivity index (χ1n) is 4.78. The van der Waals surface area contributed by atoms with E-state index in [0.717, 1.165) is 10.2 Å². The second kappa shape index (κ2) is 6.02. The summed E-state index contributed by atoms with van der Waals surface area (Å²) in [5.41, 5.74) is 1.46. The highest BCUT2D eigenvalue weighted by atomic mass is 79.9. The van der Waals surface area contributed by atoms with Gasteiger partial charge in [-0.2, -0.15) is 5.26 Å². The van der Waals surface area contributed by atoms with E-state index in [2.05, 4.69) is 27.3 Å². The van der Waals surface area contributed by atoms with Crippen LogP contribution in [0.5, 0.6) is 0 Å². The fourth-order valence-electron chi connectivity index (χ4n) is 1.42. The Morgan fingerprint density at radius 1 is 1.56 bits per heavy atom. The second-order valence-electron chi connectivity index (χ2n) is 3.63. The first-order valence-corrected chi connectivity index (χ1v) is 7.30. The average molecular weight is 301 g/mol. The number of nitrogens with one attached hydrogen (secondary N) is 1. The number of anilines is 1. The standard InChI is InChI=1S/C11H13BrN2OS/c1-8(7-16(2)15)14-11-4-9(6-13)3-10(12)5-11/h3-5,8,14H,7H2,1-2H3. The molecule has 0 aromatic heterocycles. The Hall–Kier alpha value is -0.860. The van der Waals surface area contributed by atoms with E-state index in [4.69, 9.17) is 5.26 Å². The van der Waals surface area contributed by atoms with Crippen LogP contribution in [0.3, 0.4) is 0 Å². The third-order valence-corrected chi connectivity index (χ3v) is 3.35. The Bertz CT molecular complexity index is 442. The maximum atomic E-state index is 11.0. The number of nitriles is 1. The van der Waals surface area contributed by atoms with Gasteiger partial charge in [0, 0.05) is 39.0 Å². The van der Waals surface area contributed by atoms with Gasteiger partial charge < -0.3 is 5.32 Å². The van der Waals surface area contributed by atoms with Crippen LogP contribution in [-0.2, 0) is 10.8 Å². The lowest BCUT2D eigenvalue weighted by molar-refractivity contribution is 0.683. The van der Waals surface area contributed by atoms with Gasteiger partial charge in [0.2, 0.25) is 0 Å². The number of rotatable bonds is 4. The van der Waals surface area contributed by atoms with Crippen LogP contribution in [0.4, 0.5) is 5.69 Å². The molecule has 0 radical (unpaired) electrons. The summed E-state index contributed by atoms with van der Waals surface area (Å²) < 4.78 is 11.9. The van der Waals surface area contributed by atoms with Gasteiger partial charge in [-0.25, -0.2) is 0 Å². The molecule has 1 rings (SSSR count). The van der Waals surface area contributed by atoms with Gasteiger partial charge >= 0.3 is 0 Å². The molecule has 86 valence electrons. The van der Waals surface area contributed by atoms with E-state index in [1.807, 2.05) is 13.0 Å². The summed E-state index contributed by atoms with van der Waals surface area (Å²) in [4.78, 5) is 0. The molecule has 0 saturated carbocycles. The molecule has 2 atom stereocenters. The minimum atomic E-state index is -0.821. The van der Waals surface area contributed by atoms with Gasteiger partial charge in [-0.15, -0.1) is 0 Å². The van der Waals surface area contributed by atoms with E-state index >= 15 is 0 Å². The first kappa shape index (κ1) is 13.2. The predicted molar refractivity (Wildman–Crippen MR) is 70.9 cm³/mol. The normalized spacial score (nSPS) is 13.9. The molecule has 0 amide bonds. The highest BCUT2D eigenvalue weighted by Gasteiger charge is 2.05. The second-order valence-corrected chi connectivity index (χ2v) is 6.02. The van der Waals surface area contributed by atoms with Crippen molar-refractivity contribution in [2.24, 2.45) is 0 Å². The molecule has 2 unspecified atom stereocenters. The highest BCUT2D eigenvalue weighted by molar-refractivity contribution is 9.10. The smallest absolute Gasteiger partial charge is 0.0992 e. The maximum absolute atomic E-state index is 11.0. The zero-order chi connectivity index (χ0) is 12.1. The number of hydrogen-bond acceptors (Lipinski definition) is 3. The van der Waals surface area contributed by atoms with Crippen molar-refractivity contribution in [2.75, 3.05) is 17.3 Å². The van der Waals surface area contributed by atoms with Crippen LogP contribution in [0.15, 0.2) is 22.7 Å². The van der Waals surface area contributed by atoms with Crippen LogP contribution in [-0.4, -0.2) is 22.3 Å². The third kappa shape index (κ3) is 4.33. The van der Waals surface area contributed by atoms with Crippen LogP contribution in [0.2, 0.25) is 0 Å². The van der Waals surface area contributed by atoms with Crippen LogP contribution >= 0.6 is 15.9 Å². The Morgan fingerprint density at radius 3 is 2.81 bits per heavy atom. The number of hydrogen-bond donors (Lipinski definition) is 1. The molecule has 5 heteroatoms. The zero-order valence-electron chi connectivity index (χ0n) is 9.16. The van der Waals surface area contributed by atoms with Gasteiger partial charge in [0.1, 0.15) is 0 Å². The molecule has 0 fully saturated rings. The predicted octanol–water partition coefficient (Wildman–Crippen LogP) is 2.50. The lowest BCUT2D eigenvalue weighted by Gasteiger charge is -2.14. The van der Waals surface area contributed by atoms with Gasteiger partial charge in [0.15, 0.2) is 0 Å². The Kier molecular flexibility index (Phi) is 4.97. The number of halogens is 1. The summed E-state index contributed by atoms with van der Waals surface area (Å²) in [5.74, 6) is 0.592. The van der Waals surface area contributed by atoms with E-state index in [1.54, 1.807) is 18.4 Å². The summed E-state index contributed by atoms with van der Waals surface area (Å²) in [7, 11) is -0.821. The molecule has 0 bridgehead atoms. The van der Waals surface area contributed by atoms with Gasteiger partial charge in [-0.05, 0) is 25.1 Å². The van der Waals surface area contributed by atoms with Crippen molar-refractivity contribution < 1.29 is 4.21 Å².